The molecule has 0 atom stereocenters. The zero-order valence-corrected chi connectivity index (χ0v) is 11.0. The molecule has 0 saturated heterocycles. The quantitative estimate of drug-likeness (QED) is 0.762. The molecule has 0 saturated carbocycles. The zero-order chi connectivity index (χ0) is 14.1. The summed E-state index contributed by atoms with van der Waals surface area (Å²) >= 11 is 0. The molecule has 3 heteroatoms. The predicted molar refractivity (Wildman–Crippen MR) is 78.9 cm³/mol. The van der Waals surface area contributed by atoms with Gasteiger partial charge in [-0.05, 0) is 34.9 Å². The average molecular weight is 263 g/mol. The SMILES string of the molecule is Cc1ccc(-c2cccnc2C(=O)O)c2ccccc12. The zero-order valence-electron chi connectivity index (χ0n) is 11.0. The number of pyridine rings is 1. The van der Waals surface area contributed by atoms with Crippen LogP contribution in [0.2, 0.25) is 0 Å². The summed E-state index contributed by atoms with van der Waals surface area (Å²) in [6.07, 6.45) is 1.50. The molecule has 0 radical (unpaired) electrons. The Kier molecular flexibility index (Phi) is 2.95. The van der Waals surface area contributed by atoms with Crippen molar-refractivity contribution < 1.29 is 9.90 Å². The van der Waals surface area contributed by atoms with E-state index in [-0.39, 0.29) is 5.69 Å². The summed E-state index contributed by atoms with van der Waals surface area (Å²) in [5, 5.41) is 11.5. The normalized spacial score (nSPS) is 10.7. The molecule has 0 aliphatic carbocycles. The number of aryl methyl sites for hydroxylation is 1. The van der Waals surface area contributed by atoms with Crippen LogP contribution in [0.4, 0.5) is 0 Å². The van der Waals surface area contributed by atoms with E-state index in [1.165, 1.54) is 11.8 Å². The van der Waals surface area contributed by atoms with Crippen LogP contribution in [0, 0.1) is 6.92 Å². The monoisotopic (exact) mass is 263 g/mol. The molecule has 1 N–H and O–H groups in total. The van der Waals surface area contributed by atoms with E-state index in [1.54, 1.807) is 12.1 Å². The minimum absolute atomic E-state index is 0.0847. The van der Waals surface area contributed by atoms with Crippen LogP contribution in [0.25, 0.3) is 21.9 Å². The van der Waals surface area contributed by atoms with Gasteiger partial charge in [-0.15, -0.1) is 0 Å². The van der Waals surface area contributed by atoms with Crippen molar-refractivity contribution in [2.75, 3.05) is 0 Å². The molecule has 0 aliphatic rings. The Morgan fingerprint density at radius 2 is 1.70 bits per heavy atom. The van der Waals surface area contributed by atoms with Crippen LogP contribution in [0.3, 0.4) is 0 Å². The van der Waals surface area contributed by atoms with E-state index in [1.807, 2.05) is 43.3 Å². The summed E-state index contributed by atoms with van der Waals surface area (Å²) in [6, 6.07) is 15.5. The Bertz CT molecular complexity index is 809. The number of hydrogen-bond donors (Lipinski definition) is 1. The van der Waals surface area contributed by atoms with E-state index >= 15 is 0 Å². The highest BCUT2D eigenvalue weighted by atomic mass is 16.4. The Hall–Kier alpha value is -2.68. The van der Waals surface area contributed by atoms with Crippen LogP contribution in [-0.2, 0) is 0 Å². The maximum atomic E-state index is 11.3. The highest BCUT2D eigenvalue weighted by molar-refractivity contribution is 6.03. The topological polar surface area (TPSA) is 50.2 Å². The summed E-state index contributed by atoms with van der Waals surface area (Å²) < 4.78 is 0. The number of aromatic carboxylic acids is 1. The van der Waals surface area contributed by atoms with Gasteiger partial charge in [-0.3, -0.25) is 0 Å². The molecule has 3 aromatic rings. The van der Waals surface area contributed by atoms with Crippen LogP contribution in [0.5, 0.6) is 0 Å². The molecular formula is C17H13NO2. The number of hydrogen-bond acceptors (Lipinski definition) is 2. The maximum absolute atomic E-state index is 11.3. The van der Waals surface area contributed by atoms with Gasteiger partial charge in [-0.1, -0.05) is 42.5 Å². The molecule has 1 heterocycles. The molecule has 0 spiro atoms. The lowest BCUT2D eigenvalue weighted by Crippen LogP contribution is -2.02. The lowest BCUT2D eigenvalue weighted by Gasteiger charge is -2.10. The van der Waals surface area contributed by atoms with Crippen LogP contribution < -0.4 is 0 Å². The highest BCUT2D eigenvalue weighted by Crippen LogP contribution is 2.31. The number of carboxylic acid groups (broad SMARTS) is 1. The minimum Gasteiger partial charge on any atom is -0.476 e. The fourth-order valence-electron chi connectivity index (χ4n) is 2.48. The number of aromatic nitrogens is 1. The van der Waals surface area contributed by atoms with Crippen LogP contribution in [0.1, 0.15) is 16.1 Å². The maximum Gasteiger partial charge on any atom is 0.355 e. The molecule has 0 fully saturated rings. The van der Waals surface area contributed by atoms with Crippen molar-refractivity contribution >= 4 is 16.7 Å². The standard InChI is InChI=1S/C17H13NO2/c1-11-8-9-14(13-6-3-2-5-12(11)13)15-7-4-10-18-16(15)17(19)20/h2-10H,1H3,(H,19,20). The van der Waals surface area contributed by atoms with Gasteiger partial charge in [-0.25, -0.2) is 9.78 Å². The second kappa shape index (κ2) is 4.78. The largest absolute Gasteiger partial charge is 0.476 e. The Morgan fingerprint density at radius 3 is 2.45 bits per heavy atom. The molecule has 20 heavy (non-hydrogen) atoms. The summed E-state index contributed by atoms with van der Waals surface area (Å²) in [6.45, 7) is 2.05. The fourth-order valence-corrected chi connectivity index (χ4v) is 2.48. The first-order valence-corrected chi connectivity index (χ1v) is 6.35. The Morgan fingerprint density at radius 1 is 0.950 bits per heavy atom. The summed E-state index contributed by atoms with van der Waals surface area (Å²) in [4.78, 5) is 15.3. The minimum atomic E-state index is -1.01. The van der Waals surface area contributed by atoms with E-state index in [4.69, 9.17) is 0 Å². The van der Waals surface area contributed by atoms with Gasteiger partial charge in [0.25, 0.3) is 0 Å². The third kappa shape index (κ3) is 1.93. The summed E-state index contributed by atoms with van der Waals surface area (Å²) in [7, 11) is 0. The molecule has 3 nitrogen and oxygen atoms in total. The molecule has 0 bridgehead atoms. The van der Waals surface area contributed by atoms with E-state index in [0.29, 0.717) is 5.56 Å². The second-order valence-corrected chi connectivity index (χ2v) is 4.68. The van der Waals surface area contributed by atoms with Gasteiger partial charge in [0.2, 0.25) is 0 Å². The van der Waals surface area contributed by atoms with Gasteiger partial charge in [0.05, 0.1) is 0 Å². The van der Waals surface area contributed by atoms with Crippen molar-refractivity contribution in [3.05, 3.63) is 66.0 Å². The first kappa shape index (κ1) is 12.4. The van der Waals surface area contributed by atoms with Gasteiger partial charge in [0.1, 0.15) is 0 Å². The van der Waals surface area contributed by atoms with Crippen molar-refractivity contribution in [2.45, 2.75) is 6.92 Å². The molecule has 3 rings (SSSR count). The smallest absolute Gasteiger partial charge is 0.355 e. The lowest BCUT2D eigenvalue weighted by molar-refractivity contribution is 0.0691. The van der Waals surface area contributed by atoms with Gasteiger partial charge >= 0.3 is 5.97 Å². The first-order valence-electron chi connectivity index (χ1n) is 6.35. The number of nitrogens with zero attached hydrogens (tertiary/aromatic N) is 1. The predicted octanol–water partition coefficient (Wildman–Crippen LogP) is 3.91. The molecule has 98 valence electrons. The van der Waals surface area contributed by atoms with Gasteiger partial charge in [-0.2, -0.15) is 0 Å². The van der Waals surface area contributed by atoms with Crippen LogP contribution in [-0.4, -0.2) is 16.1 Å². The third-order valence-electron chi connectivity index (χ3n) is 3.44. The van der Waals surface area contributed by atoms with Gasteiger partial charge in [0, 0.05) is 11.8 Å². The van der Waals surface area contributed by atoms with Crippen molar-refractivity contribution in [3.8, 4) is 11.1 Å². The Balaban J connectivity index is 2.37. The van der Waals surface area contributed by atoms with Crippen molar-refractivity contribution in [3.63, 3.8) is 0 Å². The van der Waals surface area contributed by atoms with Crippen molar-refractivity contribution in [1.82, 2.24) is 4.98 Å². The molecule has 2 aromatic carbocycles. The fraction of sp³-hybridized carbons (Fsp3) is 0.0588. The molecule has 0 aliphatic heterocycles. The van der Waals surface area contributed by atoms with E-state index < -0.39 is 5.97 Å². The van der Waals surface area contributed by atoms with Gasteiger partial charge < -0.3 is 5.11 Å². The lowest BCUT2D eigenvalue weighted by atomic mass is 9.95. The first-order chi connectivity index (χ1) is 9.68. The van der Waals surface area contributed by atoms with Crippen molar-refractivity contribution in [1.29, 1.82) is 0 Å². The van der Waals surface area contributed by atoms with Crippen LogP contribution in [0.15, 0.2) is 54.7 Å². The van der Waals surface area contributed by atoms with Gasteiger partial charge in [0.15, 0.2) is 5.69 Å². The molecule has 1 aromatic heterocycles. The highest BCUT2D eigenvalue weighted by Gasteiger charge is 2.14. The number of carboxylic acids is 1. The summed E-state index contributed by atoms with van der Waals surface area (Å²) in [5.41, 5.74) is 2.81. The number of rotatable bonds is 2. The molecular weight excluding hydrogens is 250 g/mol. The number of carbonyl (C=O) groups is 1. The third-order valence-corrected chi connectivity index (χ3v) is 3.44. The van der Waals surface area contributed by atoms with Crippen molar-refractivity contribution in [2.24, 2.45) is 0 Å². The molecule has 0 amide bonds. The Labute approximate surface area is 116 Å². The average Bonchev–Trinajstić information content (AvgIpc) is 2.48. The summed E-state index contributed by atoms with van der Waals surface area (Å²) in [5.74, 6) is -1.01. The molecule has 0 unspecified atom stereocenters. The van der Waals surface area contributed by atoms with Crippen LogP contribution >= 0.6 is 0 Å². The number of benzene rings is 2. The number of fused-ring (bicyclic) bond motifs is 1. The van der Waals surface area contributed by atoms with E-state index in [2.05, 4.69) is 4.98 Å². The van der Waals surface area contributed by atoms with E-state index in [0.717, 1.165) is 16.3 Å². The second-order valence-electron chi connectivity index (χ2n) is 4.68. The van der Waals surface area contributed by atoms with E-state index in [9.17, 15) is 9.90 Å².